The molecule has 1 aromatic carbocycles. The maximum absolute atomic E-state index is 10.3. The highest BCUT2D eigenvalue weighted by Crippen LogP contribution is 2.37. The van der Waals surface area contributed by atoms with Crippen molar-refractivity contribution in [3.8, 4) is 0 Å². The maximum atomic E-state index is 10.3. The van der Waals surface area contributed by atoms with Gasteiger partial charge in [0.25, 0.3) is 0 Å². The number of hydrogen-bond donors (Lipinski definition) is 2. The van der Waals surface area contributed by atoms with Gasteiger partial charge in [0.2, 0.25) is 5.95 Å². The summed E-state index contributed by atoms with van der Waals surface area (Å²) in [6, 6.07) is 4.47. The van der Waals surface area contributed by atoms with Gasteiger partial charge in [0.05, 0.1) is 29.2 Å². The molecule has 0 amide bonds. The fourth-order valence-electron chi connectivity index (χ4n) is 5.46. The van der Waals surface area contributed by atoms with Gasteiger partial charge in [-0.25, -0.2) is 9.97 Å². The summed E-state index contributed by atoms with van der Waals surface area (Å²) in [4.78, 5) is 11.8. The first-order valence-corrected chi connectivity index (χ1v) is 12.6. The zero-order valence-electron chi connectivity index (χ0n) is 19.5. The zero-order chi connectivity index (χ0) is 22.9. The first kappa shape index (κ1) is 22.6. The van der Waals surface area contributed by atoms with E-state index in [4.69, 9.17) is 16.6 Å². The third kappa shape index (κ3) is 4.59. The SMILES string of the molecule is CCCn1ncc(Nc2ncc3cc(Cl)c(C4CCN(C5CCCC5O)CC4)cc3n2)c1C. The predicted molar refractivity (Wildman–Crippen MR) is 132 cm³/mol. The first-order chi connectivity index (χ1) is 16.0. The van der Waals surface area contributed by atoms with Gasteiger partial charge in [-0.1, -0.05) is 18.5 Å². The highest BCUT2D eigenvalue weighted by Gasteiger charge is 2.33. The van der Waals surface area contributed by atoms with E-state index >= 15 is 0 Å². The van der Waals surface area contributed by atoms with Gasteiger partial charge >= 0.3 is 0 Å². The lowest BCUT2D eigenvalue weighted by molar-refractivity contribution is 0.0552. The smallest absolute Gasteiger partial charge is 0.227 e. The van der Waals surface area contributed by atoms with Crippen LogP contribution in [0.25, 0.3) is 10.9 Å². The molecule has 3 heterocycles. The number of piperidine rings is 1. The van der Waals surface area contributed by atoms with Gasteiger partial charge in [-0.2, -0.15) is 5.10 Å². The monoisotopic (exact) mass is 468 g/mol. The van der Waals surface area contributed by atoms with E-state index in [-0.39, 0.29) is 6.10 Å². The molecule has 2 unspecified atom stereocenters. The van der Waals surface area contributed by atoms with Crippen LogP contribution in [0.5, 0.6) is 0 Å². The average molecular weight is 469 g/mol. The van der Waals surface area contributed by atoms with Gasteiger partial charge in [-0.15, -0.1) is 0 Å². The van der Waals surface area contributed by atoms with Crippen molar-refractivity contribution in [2.45, 2.75) is 77.0 Å². The molecular formula is C25H33ClN6O. The largest absolute Gasteiger partial charge is 0.391 e. The van der Waals surface area contributed by atoms with Crippen LogP contribution in [0.1, 0.15) is 62.6 Å². The highest BCUT2D eigenvalue weighted by atomic mass is 35.5. The molecule has 1 aliphatic heterocycles. The van der Waals surface area contributed by atoms with Crippen LogP contribution >= 0.6 is 11.6 Å². The summed E-state index contributed by atoms with van der Waals surface area (Å²) in [6.07, 6.45) is 9.85. The van der Waals surface area contributed by atoms with Crippen LogP contribution in [0.3, 0.4) is 0 Å². The number of benzene rings is 1. The molecular weight excluding hydrogens is 436 g/mol. The Hall–Kier alpha value is -2.22. The number of likely N-dealkylation sites (tertiary alicyclic amines) is 1. The third-order valence-electron chi connectivity index (χ3n) is 7.37. The standard InChI is InChI=1S/C25H33ClN6O/c1-3-9-32-16(2)22(15-28-32)30-25-27-14-18-12-20(26)19(13-21(18)29-25)17-7-10-31(11-8-17)23-5-4-6-24(23)33/h12-15,17,23-24,33H,3-11H2,1-2H3,(H,27,29,30). The van der Waals surface area contributed by atoms with E-state index in [1.807, 2.05) is 23.1 Å². The van der Waals surface area contributed by atoms with E-state index in [2.05, 4.69) is 40.2 Å². The summed E-state index contributed by atoms with van der Waals surface area (Å²) >= 11 is 6.71. The number of nitrogens with zero attached hydrogens (tertiary/aromatic N) is 5. The molecule has 176 valence electrons. The van der Waals surface area contributed by atoms with Gasteiger partial charge in [0, 0.05) is 29.2 Å². The Labute approximate surface area is 200 Å². The third-order valence-corrected chi connectivity index (χ3v) is 7.69. The maximum Gasteiger partial charge on any atom is 0.227 e. The number of halogens is 1. The van der Waals surface area contributed by atoms with Crippen molar-refractivity contribution in [1.82, 2.24) is 24.6 Å². The van der Waals surface area contributed by atoms with Crippen LogP contribution in [0.2, 0.25) is 5.02 Å². The molecule has 3 aromatic rings. The minimum Gasteiger partial charge on any atom is -0.391 e. The second-order valence-corrected chi connectivity index (χ2v) is 9.90. The fraction of sp³-hybridized carbons (Fsp3) is 0.560. The van der Waals surface area contributed by atoms with Crippen LogP contribution in [0.15, 0.2) is 24.5 Å². The van der Waals surface area contributed by atoms with E-state index < -0.39 is 0 Å². The second kappa shape index (κ2) is 9.57. The Morgan fingerprint density at radius 1 is 1.15 bits per heavy atom. The Kier molecular flexibility index (Phi) is 6.54. The molecule has 2 N–H and O–H groups in total. The first-order valence-electron chi connectivity index (χ1n) is 12.2. The molecule has 7 nitrogen and oxygen atoms in total. The predicted octanol–water partition coefficient (Wildman–Crippen LogP) is 5.03. The molecule has 1 saturated carbocycles. The summed E-state index contributed by atoms with van der Waals surface area (Å²) in [6.45, 7) is 7.12. The number of fused-ring (bicyclic) bond motifs is 1. The number of aliphatic hydroxyl groups excluding tert-OH is 1. The van der Waals surface area contributed by atoms with Crippen LogP contribution in [-0.4, -0.2) is 55.0 Å². The van der Waals surface area contributed by atoms with Crippen LogP contribution in [0, 0.1) is 6.92 Å². The van der Waals surface area contributed by atoms with Crippen molar-refractivity contribution in [3.63, 3.8) is 0 Å². The molecule has 2 fully saturated rings. The summed E-state index contributed by atoms with van der Waals surface area (Å²) in [7, 11) is 0. The summed E-state index contributed by atoms with van der Waals surface area (Å²) in [5.41, 5.74) is 4.08. The van der Waals surface area contributed by atoms with E-state index in [0.717, 1.165) is 85.5 Å². The second-order valence-electron chi connectivity index (χ2n) is 9.49. The van der Waals surface area contributed by atoms with Crippen LogP contribution < -0.4 is 5.32 Å². The molecule has 1 aliphatic carbocycles. The molecule has 1 saturated heterocycles. The summed E-state index contributed by atoms with van der Waals surface area (Å²) < 4.78 is 2.00. The van der Waals surface area contributed by atoms with Crippen LogP contribution in [-0.2, 0) is 6.54 Å². The number of aliphatic hydroxyl groups is 1. The van der Waals surface area contributed by atoms with Crippen molar-refractivity contribution in [3.05, 3.63) is 40.8 Å². The summed E-state index contributed by atoms with van der Waals surface area (Å²) in [5, 5.41) is 19.8. The molecule has 33 heavy (non-hydrogen) atoms. The van der Waals surface area contributed by atoms with Crippen molar-refractivity contribution >= 4 is 34.1 Å². The Morgan fingerprint density at radius 3 is 2.70 bits per heavy atom. The van der Waals surface area contributed by atoms with E-state index in [9.17, 15) is 5.11 Å². The van der Waals surface area contributed by atoms with Gasteiger partial charge in [-0.05, 0) is 82.2 Å². The highest BCUT2D eigenvalue weighted by molar-refractivity contribution is 6.32. The van der Waals surface area contributed by atoms with Crippen molar-refractivity contribution < 1.29 is 5.11 Å². The average Bonchev–Trinajstić information content (AvgIpc) is 3.40. The quantitative estimate of drug-likeness (QED) is 0.528. The van der Waals surface area contributed by atoms with Crippen molar-refractivity contribution in [2.24, 2.45) is 0 Å². The normalized spacial score (nSPS) is 22.3. The molecule has 5 rings (SSSR count). The van der Waals surface area contributed by atoms with E-state index in [1.54, 1.807) is 0 Å². The minimum atomic E-state index is -0.161. The zero-order valence-corrected chi connectivity index (χ0v) is 20.2. The number of aromatic nitrogens is 4. The lowest BCUT2D eigenvalue weighted by atomic mass is 9.88. The van der Waals surface area contributed by atoms with Crippen LogP contribution in [0.4, 0.5) is 11.6 Å². The number of anilines is 2. The molecule has 2 aliphatic rings. The number of hydrogen-bond acceptors (Lipinski definition) is 6. The fourth-order valence-corrected chi connectivity index (χ4v) is 5.78. The molecule has 2 atom stereocenters. The molecule has 8 heteroatoms. The van der Waals surface area contributed by atoms with Gasteiger partial charge in [0.1, 0.15) is 0 Å². The number of rotatable bonds is 6. The van der Waals surface area contributed by atoms with Gasteiger partial charge in [0.15, 0.2) is 0 Å². The van der Waals surface area contributed by atoms with Gasteiger partial charge < -0.3 is 10.4 Å². The van der Waals surface area contributed by atoms with E-state index in [0.29, 0.717) is 17.9 Å². The molecule has 0 spiro atoms. The Balaban J connectivity index is 1.33. The molecule has 0 bridgehead atoms. The number of aryl methyl sites for hydroxylation is 1. The van der Waals surface area contributed by atoms with Crippen molar-refractivity contribution in [1.29, 1.82) is 0 Å². The molecule has 0 radical (unpaired) electrons. The lowest BCUT2D eigenvalue weighted by Crippen LogP contribution is -2.44. The summed E-state index contributed by atoms with van der Waals surface area (Å²) in [5.74, 6) is 0.984. The minimum absolute atomic E-state index is 0.161. The number of nitrogens with one attached hydrogen (secondary N) is 1. The lowest BCUT2D eigenvalue weighted by Gasteiger charge is -2.37. The van der Waals surface area contributed by atoms with Gasteiger partial charge in [-0.3, -0.25) is 9.58 Å². The van der Waals surface area contributed by atoms with Crippen molar-refractivity contribution in [2.75, 3.05) is 18.4 Å². The topological polar surface area (TPSA) is 79.1 Å². The Morgan fingerprint density at radius 2 is 1.97 bits per heavy atom. The molecule has 2 aromatic heterocycles. The van der Waals surface area contributed by atoms with E-state index in [1.165, 1.54) is 5.56 Å². The Bertz CT molecular complexity index is 1120.